The standard InChI is InChI=1S/C15H20N2O4/c1-10(2)17-13-8-6-5-7-11(13)12(16-17)9-20-15(3,4)21-14(18)19/h5-8,10H,9H2,1-4H3,(H,18,19). The summed E-state index contributed by atoms with van der Waals surface area (Å²) in [7, 11) is 0. The molecule has 0 unspecified atom stereocenters. The number of rotatable bonds is 5. The van der Waals surface area contributed by atoms with E-state index in [9.17, 15) is 4.79 Å². The SMILES string of the molecule is CC(C)n1nc(COC(C)(C)OC(=O)O)c2ccccc21. The van der Waals surface area contributed by atoms with Crippen LogP contribution in [0.2, 0.25) is 0 Å². The summed E-state index contributed by atoms with van der Waals surface area (Å²) in [6.45, 7) is 7.41. The van der Waals surface area contributed by atoms with E-state index in [4.69, 9.17) is 9.84 Å². The van der Waals surface area contributed by atoms with Gasteiger partial charge in [-0.1, -0.05) is 18.2 Å². The maximum atomic E-state index is 10.6. The minimum atomic E-state index is -1.36. The van der Waals surface area contributed by atoms with E-state index in [-0.39, 0.29) is 12.6 Å². The van der Waals surface area contributed by atoms with Crippen molar-refractivity contribution in [3.8, 4) is 0 Å². The highest BCUT2D eigenvalue weighted by Gasteiger charge is 2.24. The second-order valence-electron chi connectivity index (χ2n) is 5.56. The average Bonchev–Trinajstić information content (AvgIpc) is 2.74. The van der Waals surface area contributed by atoms with Gasteiger partial charge in [-0.15, -0.1) is 0 Å². The quantitative estimate of drug-likeness (QED) is 0.673. The molecule has 2 aromatic rings. The Balaban J connectivity index is 2.25. The van der Waals surface area contributed by atoms with Crippen LogP contribution in [0.4, 0.5) is 4.79 Å². The molecule has 6 nitrogen and oxygen atoms in total. The van der Waals surface area contributed by atoms with Gasteiger partial charge in [-0.05, 0) is 19.9 Å². The van der Waals surface area contributed by atoms with Crippen LogP contribution in [-0.4, -0.2) is 26.8 Å². The number of carboxylic acid groups (broad SMARTS) is 1. The minimum absolute atomic E-state index is 0.181. The molecule has 0 saturated carbocycles. The first-order valence-corrected chi connectivity index (χ1v) is 6.82. The molecule has 0 aliphatic carbocycles. The molecule has 0 radical (unpaired) electrons. The van der Waals surface area contributed by atoms with Crippen molar-refractivity contribution in [1.82, 2.24) is 9.78 Å². The molecule has 0 spiro atoms. The molecule has 0 bridgehead atoms. The van der Waals surface area contributed by atoms with Gasteiger partial charge in [-0.2, -0.15) is 5.10 Å². The Bertz CT molecular complexity index is 646. The number of hydrogen-bond donors (Lipinski definition) is 1. The van der Waals surface area contributed by atoms with Crippen molar-refractivity contribution in [3.63, 3.8) is 0 Å². The Morgan fingerprint density at radius 1 is 1.38 bits per heavy atom. The average molecular weight is 292 g/mol. The van der Waals surface area contributed by atoms with E-state index in [1.165, 1.54) is 0 Å². The van der Waals surface area contributed by atoms with E-state index in [0.717, 1.165) is 16.6 Å². The summed E-state index contributed by atoms with van der Waals surface area (Å²) in [5, 5.41) is 14.2. The van der Waals surface area contributed by atoms with Crippen molar-refractivity contribution in [2.45, 2.75) is 46.1 Å². The van der Waals surface area contributed by atoms with Gasteiger partial charge in [0.15, 0.2) is 0 Å². The number of carbonyl (C=O) groups is 1. The first-order valence-electron chi connectivity index (χ1n) is 6.82. The smallest absolute Gasteiger partial charge is 0.450 e. The van der Waals surface area contributed by atoms with Gasteiger partial charge in [-0.3, -0.25) is 4.68 Å². The predicted octanol–water partition coefficient (Wildman–Crippen LogP) is 3.56. The molecule has 114 valence electrons. The minimum Gasteiger partial charge on any atom is -0.450 e. The predicted molar refractivity (Wildman–Crippen MR) is 78.1 cm³/mol. The van der Waals surface area contributed by atoms with E-state index in [0.29, 0.717) is 0 Å². The summed E-state index contributed by atoms with van der Waals surface area (Å²) < 4.78 is 12.2. The normalized spacial score (nSPS) is 12.0. The molecule has 0 atom stereocenters. The van der Waals surface area contributed by atoms with E-state index >= 15 is 0 Å². The van der Waals surface area contributed by atoms with Crippen molar-refractivity contribution in [3.05, 3.63) is 30.0 Å². The number of fused-ring (bicyclic) bond motifs is 1. The molecule has 0 aliphatic rings. The monoisotopic (exact) mass is 292 g/mol. The zero-order valence-electron chi connectivity index (χ0n) is 12.7. The van der Waals surface area contributed by atoms with Crippen LogP contribution in [0.3, 0.4) is 0 Å². The lowest BCUT2D eigenvalue weighted by Crippen LogP contribution is -2.30. The van der Waals surface area contributed by atoms with Gasteiger partial charge in [0.25, 0.3) is 0 Å². The van der Waals surface area contributed by atoms with Gasteiger partial charge in [0.1, 0.15) is 0 Å². The van der Waals surface area contributed by atoms with Crippen molar-refractivity contribution < 1.29 is 19.4 Å². The fourth-order valence-corrected chi connectivity index (χ4v) is 2.14. The molecule has 1 N–H and O–H groups in total. The lowest BCUT2D eigenvalue weighted by Gasteiger charge is -2.23. The van der Waals surface area contributed by atoms with Gasteiger partial charge in [0, 0.05) is 25.3 Å². The fraction of sp³-hybridized carbons (Fsp3) is 0.467. The molecule has 1 heterocycles. The van der Waals surface area contributed by atoms with Crippen LogP contribution in [-0.2, 0) is 16.1 Å². The first kappa shape index (κ1) is 15.3. The molecular formula is C15H20N2O4. The largest absolute Gasteiger partial charge is 0.508 e. The van der Waals surface area contributed by atoms with Crippen molar-refractivity contribution in [2.24, 2.45) is 0 Å². The Hall–Kier alpha value is -2.08. The molecule has 2 rings (SSSR count). The van der Waals surface area contributed by atoms with Gasteiger partial charge < -0.3 is 14.6 Å². The summed E-state index contributed by atoms with van der Waals surface area (Å²) in [5.74, 6) is -1.21. The fourth-order valence-electron chi connectivity index (χ4n) is 2.14. The molecule has 1 aromatic carbocycles. The molecule has 21 heavy (non-hydrogen) atoms. The highest BCUT2D eigenvalue weighted by atomic mass is 16.8. The summed E-state index contributed by atoms with van der Waals surface area (Å²) in [4.78, 5) is 10.6. The summed E-state index contributed by atoms with van der Waals surface area (Å²) in [6, 6.07) is 8.12. The lowest BCUT2D eigenvalue weighted by atomic mass is 10.2. The Morgan fingerprint density at radius 2 is 2.05 bits per heavy atom. The van der Waals surface area contributed by atoms with E-state index < -0.39 is 11.9 Å². The van der Waals surface area contributed by atoms with E-state index in [1.54, 1.807) is 13.8 Å². The third-order valence-electron chi connectivity index (χ3n) is 3.07. The third kappa shape index (κ3) is 3.52. The Morgan fingerprint density at radius 3 is 2.67 bits per heavy atom. The van der Waals surface area contributed by atoms with Crippen LogP contribution in [0.1, 0.15) is 39.4 Å². The highest BCUT2D eigenvalue weighted by Crippen LogP contribution is 2.24. The third-order valence-corrected chi connectivity index (χ3v) is 3.07. The number of nitrogens with zero attached hydrogens (tertiary/aromatic N) is 2. The highest BCUT2D eigenvalue weighted by molar-refractivity contribution is 5.81. The van der Waals surface area contributed by atoms with Gasteiger partial charge >= 0.3 is 6.16 Å². The van der Waals surface area contributed by atoms with Crippen LogP contribution < -0.4 is 0 Å². The zero-order chi connectivity index (χ0) is 15.6. The maximum absolute atomic E-state index is 10.6. The second-order valence-corrected chi connectivity index (χ2v) is 5.56. The van der Waals surface area contributed by atoms with E-state index in [2.05, 4.69) is 23.7 Å². The zero-order valence-corrected chi connectivity index (χ0v) is 12.7. The molecule has 0 amide bonds. The van der Waals surface area contributed by atoms with Crippen LogP contribution in [0.25, 0.3) is 10.9 Å². The van der Waals surface area contributed by atoms with Crippen molar-refractivity contribution in [1.29, 1.82) is 0 Å². The molecule has 0 saturated heterocycles. The number of para-hydroxylation sites is 1. The van der Waals surface area contributed by atoms with Gasteiger partial charge in [-0.25, -0.2) is 4.79 Å². The molecular weight excluding hydrogens is 272 g/mol. The Kier molecular flexibility index (Phi) is 4.18. The first-order chi connectivity index (χ1) is 9.80. The molecule has 1 aromatic heterocycles. The van der Waals surface area contributed by atoms with Crippen LogP contribution in [0.15, 0.2) is 24.3 Å². The topological polar surface area (TPSA) is 73.6 Å². The number of ether oxygens (including phenoxy) is 2. The summed E-state index contributed by atoms with van der Waals surface area (Å²) in [6.07, 6.45) is -1.36. The number of benzene rings is 1. The van der Waals surface area contributed by atoms with Crippen LogP contribution >= 0.6 is 0 Å². The van der Waals surface area contributed by atoms with Crippen molar-refractivity contribution in [2.75, 3.05) is 0 Å². The summed E-state index contributed by atoms with van der Waals surface area (Å²) >= 11 is 0. The van der Waals surface area contributed by atoms with Gasteiger partial charge in [0.05, 0.1) is 17.8 Å². The summed E-state index contributed by atoms with van der Waals surface area (Å²) in [5.41, 5.74) is 1.80. The lowest BCUT2D eigenvalue weighted by molar-refractivity contribution is -0.193. The molecule has 0 fully saturated rings. The van der Waals surface area contributed by atoms with Crippen LogP contribution in [0, 0.1) is 0 Å². The van der Waals surface area contributed by atoms with Crippen molar-refractivity contribution >= 4 is 17.1 Å². The Labute approximate surface area is 123 Å². The van der Waals surface area contributed by atoms with Crippen LogP contribution in [0.5, 0.6) is 0 Å². The van der Waals surface area contributed by atoms with E-state index in [1.807, 2.05) is 28.9 Å². The number of aromatic nitrogens is 2. The van der Waals surface area contributed by atoms with Gasteiger partial charge in [0.2, 0.25) is 5.79 Å². The second kappa shape index (κ2) is 5.73. The maximum Gasteiger partial charge on any atom is 0.508 e. The number of hydrogen-bond acceptors (Lipinski definition) is 4. The molecule has 6 heteroatoms. The molecule has 0 aliphatic heterocycles.